The molecule has 1 saturated heterocycles. The second kappa shape index (κ2) is 14.9. The van der Waals surface area contributed by atoms with Gasteiger partial charge in [0.2, 0.25) is 11.6 Å². The second-order valence-electron chi connectivity index (χ2n) is 14.6. The van der Waals surface area contributed by atoms with Crippen molar-refractivity contribution in [2.24, 2.45) is 5.92 Å². The van der Waals surface area contributed by atoms with Crippen LogP contribution in [0.25, 0.3) is 0 Å². The van der Waals surface area contributed by atoms with E-state index in [0.29, 0.717) is 0 Å². The highest BCUT2D eigenvalue weighted by molar-refractivity contribution is 6.26. The third-order valence-corrected chi connectivity index (χ3v) is 11.7. The molecule has 308 valence electrons. The molecule has 0 bridgehead atoms. The van der Waals surface area contributed by atoms with Crippen LogP contribution in [0.4, 0.5) is 0 Å². The molecule has 0 amide bonds. The fraction of sp³-hybridized carbons (Fsp3) is 0.513. The van der Waals surface area contributed by atoms with Crippen molar-refractivity contribution in [3.8, 4) is 11.5 Å². The molecule has 0 spiro atoms. The summed E-state index contributed by atoms with van der Waals surface area (Å²) in [7, 11) is 3.32. The molecular weight excluding hydrogens is 752 g/mol. The number of Topliss-reactive ketones (excluding diaryl/α,β-unsaturated/α-hetero) is 2. The van der Waals surface area contributed by atoms with E-state index < -0.39 is 153 Å². The van der Waals surface area contributed by atoms with Crippen LogP contribution in [0.5, 0.6) is 11.5 Å². The predicted octanol–water partition coefficient (Wildman–Crippen LogP) is -0.123. The number of aliphatic hydroxyl groups excluding tert-OH is 3. The van der Waals surface area contributed by atoms with Crippen molar-refractivity contribution >= 4 is 29.2 Å². The van der Waals surface area contributed by atoms with Crippen LogP contribution < -0.4 is 5.32 Å². The van der Waals surface area contributed by atoms with Gasteiger partial charge in [-0.15, -0.1) is 0 Å². The molecule has 18 heteroatoms. The van der Waals surface area contributed by atoms with Gasteiger partial charge in [-0.2, -0.15) is 0 Å². The molecule has 2 aromatic rings. The number of esters is 2. The normalized spacial score (nSPS) is 31.7. The average molecular weight is 799 g/mol. The number of aromatic hydroxyl groups is 2. The molecule has 1 unspecified atom stereocenters. The van der Waals surface area contributed by atoms with E-state index in [0.717, 1.165) is 26.4 Å². The number of aliphatic hydroxyl groups is 5. The molecule has 2 aromatic carbocycles. The SMILES string of the molecule is CCOC(=O)CCC1(O)C(N[C@H]2O[C@@H](C)[C@H](OC)[C@@H](O)[C@H]2CO)=CC(=N)c2c1cc1c(c2O)C(=O)[C@]2(OC)[C@H](O)Cc3cc(C)c(C(=O)OC)c(O)c3[C@]2(O)C1=O. The molecule has 1 fully saturated rings. The van der Waals surface area contributed by atoms with Crippen molar-refractivity contribution in [1.29, 1.82) is 5.41 Å². The summed E-state index contributed by atoms with van der Waals surface area (Å²) in [6.07, 6.45) is -6.51. The lowest BCUT2D eigenvalue weighted by molar-refractivity contribution is -0.216. The number of benzene rings is 2. The number of allylic oxidation sites excluding steroid dienone is 1. The summed E-state index contributed by atoms with van der Waals surface area (Å²) in [5.74, 6) is -7.54. The van der Waals surface area contributed by atoms with Crippen LogP contribution in [-0.2, 0) is 46.1 Å². The molecule has 1 aliphatic heterocycles. The first-order chi connectivity index (χ1) is 26.8. The Kier molecular flexibility index (Phi) is 10.9. The van der Waals surface area contributed by atoms with Gasteiger partial charge in [-0.3, -0.25) is 14.4 Å². The van der Waals surface area contributed by atoms with Crippen molar-refractivity contribution in [2.45, 2.75) is 87.5 Å². The molecule has 4 aliphatic rings. The van der Waals surface area contributed by atoms with Gasteiger partial charge in [-0.25, -0.2) is 4.79 Å². The zero-order chi connectivity index (χ0) is 42.1. The Labute approximate surface area is 326 Å². The first-order valence-corrected chi connectivity index (χ1v) is 18.2. The maximum Gasteiger partial charge on any atom is 0.341 e. The minimum Gasteiger partial charge on any atom is -0.507 e. The molecule has 57 heavy (non-hydrogen) atoms. The number of hydrogen-bond donors (Lipinski definition) is 9. The highest BCUT2D eigenvalue weighted by atomic mass is 16.6. The number of aryl methyl sites for hydroxylation is 1. The maximum atomic E-state index is 15.0. The highest BCUT2D eigenvalue weighted by Gasteiger charge is 2.73. The van der Waals surface area contributed by atoms with Crippen molar-refractivity contribution in [3.05, 3.63) is 68.4 Å². The molecule has 9 atom stereocenters. The van der Waals surface area contributed by atoms with E-state index in [2.05, 4.69) is 5.32 Å². The molecule has 18 nitrogen and oxygen atoms in total. The Hall–Kier alpha value is -4.79. The van der Waals surface area contributed by atoms with Crippen LogP contribution in [0.1, 0.15) is 85.6 Å². The van der Waals surface area contributed by atoms with Gasteiger partial charge in [0.1, 0.15) is 35.0 Å². The van der Waals surface area contributed by atoms with Gasteiger partial charge in [0.05, 0.1) is 61.5 Å². The number of fused-ring (bicyclic) bond motifs is 5. The third kappa shape index (κ3) is 5.80. The van der Waals surface area contributed by atoms with Crippen LogP contribution in [0, 0.1) is 18.3 Å². The monoisotopic (exact) mass is 798 g/mol. The first-order valence-electron chi connectivity index (χ1n) is 18.2. The lowest BCUT2D eigenvalue weighted by atomic mass is 9.56. The highest BCUT2D eigenvalue weighted by Crippen LogP contribution is 2.57. The number of ketones is 2. The van der Waals surface area contributed by atoms with Crippen LogP contribution in [0.15, 0.2) is 23.9 Å². The van der Waals surface area contributed by atoms with Gasteiger partial charge >= 0.3 is 11.9 Å². The van der Waals surface area contributed by atoms with E-state index in [1.807, 2.05) is 0 Å². The summed E-state index contributed by atoms with van der Waals surface area (Å²) >= 11 is 0. The molecular formula is C39H46N2O16. The summed E-state index contributed by atoms with van der Waals surface area (Å²) in [5, 5.41) is 93.9. The molecule has 1 heterocycles. The van der Waals surface area contributed by atoms with E-state index in [4.69, 9.17) is 29.1 Å². The van der Waals surface area contributed by atoms with E-state index in [9.17, 15) is 50.1 Å². The van der Waals surface area contributed by atoms with Crippen molar-refractivity contribution in [3.63, 3.8) is 0 Å². The van der Waals surface area contributed by atoms with Crippen LogP contribution in [-0.4, -0.2) is 136 Å². The van der Waals surface area contributed by atoms with Crippen molar-refractivity contribution in [2.75, 3.05) is 34.5 Å². The minimum atomic E-state index is -3.28. The number of rotatable bonds is 10. The van der Waals surface area contributed by atoms with Gasteiger partial charge < -0.3 is 70.2 Å². The van der Waals surface area contributed by atoms with E-state index in [1.54, 1.807) is 13.8 Å². The molecule has 6 rings (SSSR count). The van der Waals surface area contributed by atoms with Gasteiger partial charge in [0.25, 0.3) is 0 Å². The van der Waals surface area contributed by atoms with Gasteiger partial charge in [0, 0.05) is 49.3 Å². The van der Waals surface area contributed by atoms with Crippen LogP contribution in [0.2, 0.25) is 0 Å². The molecule has 9 N–H and O–H groups in total. The van der Waals surface area contributed by atoms with E-state index in [1.165, 1.54) is 20.1 Å². The number of carbonyl (C=O) groups excluding carboxylic acids is 4. The quantitative estimate of drug-likeness (QED) is 0.142. The maximum absolute atomic E-state index is 15.0. The number of phenols is 2. The van der Waals surface area contributed by atoms with Gasteiger partial charge in [-0.1, -0.05) is 6.07 Å². The zero-order valence-electron chi connectivity index (χ0n) is 32.0. The third-order valence-electron chi connectivity index (χ3n) is 11.7. The second-order valence-corrected chi connectivity index (χ2v) is 14.6. The number of methoxy groups -OCH3 is 3. The summed E-state index contributed by atoms with van der Waals surface area (Å²) in [6.45, 7) is 3.97. The van der Waals surface area contributed by atoms with Gasteiger partial charge in [-0.05, 0) is 50.5 Å². The fourth-order valence-corrected chi connectivity index (χ4v) is 8.97. The van der Waals surface area contributed by atoms with Crippen LogP contribution in [0.3, 0.4) is 0 Å². The molecule has 0 aromatic heterocycles. The molecule has 3 aliphatic carbocycles. The number of nitrogens with one attached hydrogen (secondary N) is 2. The van der Waals surface area contributed by atoms with Crippen molar-refractivity contribution in [1.82, 2.24) is 5.32 Å². The molecule has 0 saturated carbocycles. The Bertz CT molecular complexity index is 2100. The zero-order valence-corrected chi connectivity index (χ0v) is 32.0. The van der Waals surface area contributed by atoms with Crippen molar-refractivity contribution < 1.29 is 78.6 Å². The lowest BCUT2D eigenvalue weighted by Crippen LogP contribution is -2.73. The van der Waals surface area contributed by atoms with E-state index >= 15 is 4.79 Å². The molecule has 0 radical (unpaired) electrons. The number of carbonyl (C=O) groups is 4. The summed E-state index contributed by atoms with van der Waals surface area (Å²) in [4.78, 5) is 55.3. The lowest BCUT2D eigenvalue weighted by Gasteiger charge is -2.53. The Morgan fingerprint density at radius 1 is 1.05 bits per heavy atom. The largest absolute Gasteiger partial charge is 0.507 e. The fourth-order valence-electron chi connectivity index (χ4n) is 8.97. The first kappa shape index (κ1) is 41.8. The summed E-state index contributed by atoms with van der Waals surface area (Å²) in [6, 6.07) is 2.28. The smallest absolute Gasteiger partial charge is 0.341 e. The summed E-state index contributed by atoms with van der Waals surface area (Å²) < 4.78 is 26.9. The average Bonchev–Trinajstić information content (AvgIpc) is 3.15. The predicted molar refractivity (Wildman–Crippen MR) is 194 cm³/mol. The Morgan fingerprint density at radius 3 is 2.33 bits per heavy atom. The number of phenolic OH excluding ortho intramolecular Hbond substituents is 2. The minimum absolute atomic E-state index is 0.00783. The number of hydrogen-bond acceptors (Lipinski definition) is 18. The standard InChI is InChI=1S/C39H46N2O16/c1-7-56-24(44)8-9-37(51)20-12-18-26(30(46)27(20)21(40)13-22(37)41-35-19(14-42)29(45)32(53-4)16(3)57-35)34(49)39(55-6)23(43)11-17-10-15(2)25(36(50)54-5)31(47)28(17)38(39,52)33(18)48/h10,12-13,16,19,23,29,32,35,40-43,45-47,51-52H,7-9,11,14H2,1-6H3/t16-,19+,23+,29-,32-,35-,37?,38-,39+/m0/s1. The van der Waals surface area contributed by atoms with Crippen LogP contribution >= 0.6 is 0 Å². The van der Waals surface area contributed by atoms with E-state index in [-0.39, 0.29) is 23.4 Å². The van der Waals surface area contributed by atoms with Gasteiger partial charge in [0.15, 0.2) is 11.2 Å². The topological polar surface area (TPSA) is 292 Å². The Morgan fingerprint density at radius 2 is 1.74 bits per heavy atom. The summed E-state index contributed by atoms with van der Waals surface area (Å²) in [5.41, 5.74) is -12.7. The Balaban J connectivity index is 1.59. The number of ether oxygens (including phenoxy) is 5.